The van der Waals surface area contributed by atoms with Crippen molar-refractivity contribution in [2.75, 3.05) is 0 Å². The standard InChI is InChI=1S/C16H18BrNS/c1-11(12-6-8-14(17)9-7-12)18-16(13-4-5-13)15-3-2-10-19-15/h2-3,6-11,13,16,18H,4-5H2,1H3/t11-,16?/m0/s1. The van der Waals surface area contributed by atoms with E-state index in [0.29, 0.717) is 12.1 Å². The molecule has 1 aliphatic carbocycles. The molecule has 0 aliphatic heterocycles. The van der Waals surface area contributed by atoms with E-state index in [4.69, 9.17) is 0 Å². The average molecular weight is 336 g/mol. The fraction of sp³-hybridized carbons (Fsp3) is 0.375. The van der Waals surface area contributed by atoms with Gasteiger partial charge in [0.2, 0.25) is 0 Å². The second-order valence-electron chi connectivity index (χ2n) is 5.27. The average Bonchev–Trinajstić information content (AvgIpc) is 3.11. The van der Waals surface area contributed by atoms with Crippen molar-refractivity contribution in [2.45, 2.75) is 31.8 Å². The molecule has 1 unspecified atom stereocenters. The lowest BCUT2D eigenvalue weighted by Gasteiger charge is -2.23. The molecule has 0 saturated heterocycles. The summed E-state index contributed by atoms with van der Waals surface area (Å²) in [6.45, 7) is 2.26. The molecular weight excluding hydrogens is 318 g/mol. The lowest BCUT2D eigenvalue weighted by molar-refractivity contribution is 0.433. The van der Waals surface area contributed by atoms with Crippen LogP contribution >= 0.6 is 27.3 Å². The maximum Gasteiger partial charge on any atom is 0.0448 e. The van der Waals surface area contributed by atoms with Crippen molar-refractivity contribution in [3.8, 4) is 0 Å². The number of thiophene rings is 1. The van der Waals surface area contributed by atoms with E-state index in [2.05, 4.69) is 69.9 Å². The van der Waals surface area contributed by atoms with Crippen molar-refractivity contribution in [3.63, 3.8) is 0 Å². The van der Waals surface area contributed by atoms with E-state index in [1.807, 2.05) is 11.3 Å². The fourth-order valence-electron chi connectivity index (χ4n) is 2.47. The van der Waals surface area contributed by atoms with Crippen LogP contribution in [0.25, 0.3) is 0 Å². The lowest BCUT2D eigenvalue weighted by atomic mass is 10.0. The van der Waals surface area contributed by atoms with Crippen LogP contribution in [0.1, 0.15) is 42.3 Å². The van der Waals surface area contributed by atoms with Gasteiger partial charge < -0.3 is 5.32 Å². The van der Waals surface area contributed by atoms with Crippen LogP contribution in [0.4, 0.5) is 0 Å². The minimum absolute atomic E-state index is 0.390. The van der Waals surface area contributed by atoms with Gasteiger partial charge in [0.25, 0.3) is 0 Å². The second-order valence-corrected chi connectivity index (χ2v) is 7.17. The van der Waals surface area contributed by atoms with E-state index in [1.165, 1.54) is 23.3 Å². The molecule has 3 heteroatoms. The highest BCUT2D eigenvalue weighted by molar-refractivity contribution is 9.10. The molecule has 2 aromatic rings. The van der Waals surface area contributed by atoms with Gasteiger partial charge in [-0.15, -0.1) is 11.3 Å². The Labute approximate surface area is 127 Å². The van der Waals surface area contributed by atoms with Crippen molar-refractivity contribution in [1.29, 1.82) is 0 Å². The van der Waals surface area contributed by atoms with Crippen molar-refractivity contribution < 1.29 is 0 Å². The van der Waals surface area contributed by atoms with E-state index in [-0.39, 0.29) is 0 Å². The normalized spacial score (nSPS) is 18.2. The first-order valence-electron chi connectivity index (χ1n) is 6.79. The molecule has 1 aromatic carbocycles. The van der Waals surface area contributed by atoms with Gasteiger partial charge in [-0.05, 0) is 54.8 Å². The Morgan fingerprint density at radius 3 is 2.53 bits per heavy atom. The molecule has 1 N–H and O–H groups in total. The van der Waals surface area contributed by atoms with E-state index < -0.39 is 0 Å². The molecule has 1 saturated carbocycles. The molecule has 1 heterocycles. The van der Waals surface area contributed by atoms with Gasteiger partial charge in [0, 0.05) is 21.4 Å². The Morgan fingerprint density at radius 2 is 1.95 bits per heavy atom. The van der Waals surface area contributed by atoms with Gasteiger partial charge in [-0.3, -0.25) is 0 Å². The summed E-state index contributed by atoms with van der Waals surface area (Å²) in [4.78, 5) is 1.48. The molecule has 1 aromatic heterocycles. The first kappa shape index (κ1) is 13.3. The first-order valence-corrected chi connectivity index (χ1v) is 8.46. The number of benzene rings is 1. The first-order chi connectivity index (χ1) is 9.24. The van der Waals surface area contributed by atoms with Crippen molar-refractivity contribution in [3.05, 3.63) is 56.7 Å². The molecule has 1 aliphatic rings. The minimum Gasteiger partial charge on any atom is -0.302 e. The molecule has 1 fully saturated rings. The zero-order chi connectivity index (χ0) is 13.2. The SMILES string of the molecule is C[C@H](NC(c1cccs1)C1CC1)c1ccc(Br)cc1. The van der Waals surface area contributed by atoms with Crippen LogP contribution in [0.5, 0.6) is 0 Å². The van der Waals surface area contributed by atoms with Crippen LogP contribution in [0.3, 0.4) is 0 Å². The molecular formula is C16H18BrNS. The molecule has 0 radical (unpaired) electrons. The van der Waals surface area contributed by atoms with Crippen LogP contribution in [-0.2, 0) is 0 Å². The van der Waals surface area contributed by atoms with Crippen LogP contribution in [0, 0.1) is 5.92 Å². The van der Waals surface area contributed by atoms with Gasteiger partial charge >= 0.3 is 0 Å². The summed E-state index contributed by atoms with van der Waals surface area (Å²) >= 11 is 5.36. The third kappa shape index (κ3) is 3.28. The van der Waals surface area contributed by atoms with Crippen LogP contribution in [0.15, 0.2) is 46.3 Å². The molecule has 0 bridgehead atoms. The second kappa shape index (κ2) is 5.78. The molecule has 1 nitrogen and oxygen atoms in total. The summed E-state index contributed by atoms with van der Waals surface area (Å²) in [5.74, 6) is 0.830. The smallest absolute Gasteiger partial charge is 0.0448 e. The molecule has 0 spiro atoms. The Bertz CT molecular complexity index is 516. The maximum atomic E-state index is 3.81. The summed E-state index contributed by atoms with van der Waals surface area (Å²) in [6.07, 6.45) is 2.73. The third-order valence-corrected chi connectivity index (χ3v) is 5.23. The topological polar surface area (TPSA) is 12.0 Å². The number of hydrogen-bond acceptors (Lipinski definition) is 2. The Hall–Kier alpha value is -0.640. The lowest BCUT2D eigenvalue weighted by Crippen LogP contribution is -2.25. The van der Waals surface area contributed by atoms with Gasteiger partial charge in [-0.1, -0.05) is 34.1 Å². The largest absolute Gasteiger partial charge is 0.302 e. The van der Waals surface area contributed by atoms with Crippen molar-refractivity contribution >= 4 is 27.3 Å². The van der Waals surface area contributed by atoms with Gasteiger partial charge in [0.1, 0.15) is 0 Å². The van der Waals surface area contributed by atoms with E-state index in [9.17, 15) is 0 Å². The Balaban J connectivity index is 1.73. The summed E-state index contributed by atoms with van der Waals surface area (Å²) < 4.78 is 1.14. The summed E-state index contributed by atoms with van der Waals surface area (Å²) in [7, 11) is 0. The van der Waals surface area contributed by atoms with Gasteiger partial charge in [0.15, 0.2) is 0 Å². The van der Waals surface area contributed by atoms with Gasteiger partial charge in [-0.2, -0.15) is 0 Å². The number of nitrogens with one attached hydrogen (secondary N) is 1. The number of rotatable bonds is 5. The van der Waals surface area contributed by atoms with Crippen LogP contribution < -0.4 is 5.32 Å². The van der Waals surface area contributed by atoms with Crippen LogP contribution in [-0.4, -0.2) is 0 Å². The highest BCUT2D eigenvalue weighted by Gasteiger charge is 2.33. The third-order valence-electron chi connectivity index (χ3n) is 3.74. The summed E-state index contributed by atoms with van der Waals surface area (Å²) in [5.41, 5.74) is 1.35. The molecule has 2 atom stereocenters. The molecule has 0 amide bonds. The molecule has 3 rings (SSSR count). The van der Waals surface area contributed by atoms with E-state index in [0.717, 1.165) is 10.4 Å². The quantitative estimate of drug-likeness (QED) is 0.780. The maximum absolute atomic E-state index is 3.81. The highest BCUT2D eigenvalue weighted by Crippen LogP contribution is 2.43. The fourth-order valence-corrected chi connectivity index (χ4v) is 3.61. The van der Waals surface area contributed by atoms with Gasteiger partial charge in [0.05, 0.1) is 0 Å². The summed E-state index contributed by atoms with van der Waals surface area (Å²) in [5, 5.41) is 5.99. The van der Waals surface area contributed by atoms with Crippen LogP contribution in [0.2, 0.25) is 0 Å². The van der Waals surface area contributed by atoms with E-state index in [1.54, 1.807) is 0 Å². The number of halogens is 1. The minimum atomic E-state index is 0.390. The molecule has 100 valence electrons. The van der Waals surface area contributed by atoms with E-state index >= 15 is 0 Å². The monoisotopic (exact) mass is 335 g/mol. The van der Waals surface area contributed by atoms with Crippen molar-refractivity contribution in [2.24, 2.45) is 5.92 Å². The van der Waals surface area contributed by atoms with Gasteiger partial charge in [-0.25, -0.2) is 0 Å². The van der Waals surface area contributed by atoms with Crippen molar-refractivity contribution in [1.82, 2.24) is 5.32 Å². The predicted octanol–water partition coefficient (Wildman–Crippen LogP) is 5.31. The zero-order valence-corrected chi connectivity index (χ0v) is 13.4. The number of hydrogen-bond donors (Lipinski definition) is 1. The Morgan fingerprint density at radius 1 is 1.21 bits per heavy atom. The highest BCUT2D eigenvalue weighted by atomic mass is 79.9. The Kier molecular flexibility index (Phi) is 4.06. The predicted molar refractivity (Wildman–Crippen MR) is 85.5 cm³/mol. The summed E-state index contributed by atoms with van der Waals surface area (Å²) in [6, 6.07) is 14.0. The zero-order valence-electron chi connectivity index (χ0n) is 11.0. The molecule has 19 heavy (non-hydrogen) atoms.